The molecule has 30 heavy (non-hydrogen) atoms. The van der Waals surface area contributed by atoms with E-state index in [1.165, 1.54) is 11.1 Å². The van der Waals surface area contributed by atoms with E-state index in [-0.39, 0.29) is 17.2 Å². The third kappa shape index (κ3) is 5.66. The van der Waals surface area contributed by atoms with Crippen LogP contribution in [0.15, 0.2) is 48.8 Å². The lowest BCUT2D eigenvalue weighted by Crippen LogP contribution is -2.53. The largest absolute Gasteiger partial charge is 0.341 e. The summed E-state index contributed by atoms with van der Waals surface area (Å²) in [6.45, 7) is 12.0. The minimum Gasteiger partial charge on any atom is -0.341 e. The van der Waals surface area contributed by atoms with Crippen LogP contribution in [0.4, 0.5) is 0 Å². The molecule has 0 radical (unpaired) electrons. The molecule has 1 unspecified atom stereocenters. The highest BCUT2D eigenvalue weighted by Gasteiger charge is 2.26. The highest BCUT2D eigenvalue weighted by atomic mass is 16.2. The molecule has 6 heteroatoms. The summed E-state index contributed by atoms with van der Waals surface area (Å²) < 4.78 is 0. The van der Waals surface area contributed by atoms with Gasteiger partial charge >= 0.3 is 0 Å². The molecular formula is C24H32N4O2. The summed E-state index contributed by atoms with van der Waals surface area (Å²) in [4.78, 5) is 33.7. The molecule has 3 rings (SSSR count). The van der Waals surface area contributed by atoms with Crippen molar-refractivity contribution >= 4 is 11.8 Å². The lowest BCUT2D eigenvalue weighted by atomic mass is 9.86. The van der Waals surface area contributed by atoms with Crippen LogP contribution >= 0.6 is 0 Å². The Bertz CT molecular complexity index is 851. The van der Waals surface area contributed by atoms with Crippen LogP contribution in [0, 0.1) is 0 Å². The lowest BCUT2D eigenvalue weighted by Gasteiger charge is -2.36. The Kier molecular flexibility index (Phi) is 6.87. The normalized spacial score (nSPS) is 16.2. The smallest absolute Gasteiger partial charge is 0.251 e. The molecule has 2 aromatic rings. The van der Waals surface area contributed by atoms with E-state index in [9.17, 15) is 9.59 Å². The quantitative estimate of drug-likeness (QED) is 0.826. The highest BCUT2D eigenvalue weighted by molar-refractivity contribution is 5.97. The number of carbonyl (C=O) groups excluding carboxylic acids is 2. The molecule has 1 aromatic heterocycles. The standard InChI is InChI=1S/C24H32N4O2/c1-18(26-22(29)20-7-9-21(10-8-20)24(2,3)4)23(30)28-14-12-27(13-15-28)17-19-6-5-11-25-16-19/h5-11,16,18H,12-15,17H2,1-4H3,(H,26,29). The number of pyridine rings is 1. The topological polar surface area (TPSA) is 65.5 Å². The van der Waals surface area contributed by atoms with Crippen molar-refractivity contribution < 1.29 is 9.59 Å². The van der Waals surface area contributed by atoms with Gasteiger partial charge in [-0.25, -0.2) is 0 Å². The number of rotatable bonds is 5. The fraction of sp³-hybridized carbons (Fsp3) is 0.458. The Morgan fingerprint density at radius 3 is 2.30 bits per heavy atom. The number of amides is 2. The Labute approximate surface area is 179 Å². The molecule has 0 saturated carbocycles. The Balaban J connectivity index is 1.49. The fourth-order valence-corrected chi connectivity index (χ4v) is 3.61. The van der Waals surface area contributed by atoms with Crippen LogP contribution < -0.4 is 5.32 Å². The molecule has 0 spiro atoms. The Hall–Kier alpha value is -2.73. The SMILES string of the molecule is CC(NC(=O)c1ccc(C(C)(C)C)cc1)C(=O)N1CCN(Cc2cccnc2)CC1. The van der Waals surface area contributed by atoms with Crippen LogP contribution in [-0.4, -0.2) is 58.8 Å². The van der Waals surface area contributed by atoms with Gasteiger partial charge in [-0.15, -0.1) is 0 Å². The van der Waals surface area contributed by atoms with E-state index in [4.69, 9.17) is 0 Å². The van der Waals surface area contributed by atoms with Crippen LogP contribution in [0.1, 0.15) is 49.2 Å². The molecule has 1 fully saturated rings. The van der Waals surface area contributed by atoms with Gasteiger partial charge in [-0.3, -0.25) is 19.5 Å². The summed E-state index contributed by atoms with van der Waals surface area (Å²) in [5.74, 6) is -0.248. The van der Waals surface area contributed by atoms with Crippen molar-refractivity contribution in [1.82, 2.24) is 20.1 Å². The van der Waals surface area contributed by atoms with E-state index < -0.39 is 6.04 Å². The van der Waals surface area contributed by atoms with Gasteiger partial charge < -0.3 is 10.2 Å². The molecule has 2 amide bonds. The summed E-state index contributed by atoms with van der Waals surface area (Å²) in [5, 5.41) is 2.85. The molecule has 160 valence electrons. The first-order valence-corrected chi connectivity index (χ1v) is 10.6. The number of nitrogens with zero attached hydrogens (tertiary/aromatic N) is 3. The zero-order valence-corrected chi connectivity index (χ0v) is 18.4. The first kappa shape index (κ1) is 22.0. The van der Waals surface area contributed by atoms with Crippen LogP contribution in [-0.2, 0) is 16.8 Å². The van der Waals surface area contributed by atoms with Gasteiger partial charge in [-0.2, -0.15) is 0 Å². The van der Waals surface area contributed by atoms with Gasteiger partial charge in [0, 0.05) is 50.7 Å². The minimum absolute atomic E-state index is 0.0318. The van der Waals surface area contributed by atoms with E-state index in [0.717, 1.165) is 19.6 Å². The predicted molar refractivity (Wildman–Crippen MR) is 118 cm³/mol. The molecular weight excluding hydrogens is 376 g/mol. The Morgan fingerprint density at radius 2 is 1.73 bits per heavy atom. The summed E-state index contributed by atoms with van der Waals surface area (Å²) >= 11 is 0. The molecule has 1 aromatic carbocycles. The number of hydrogen-bond donors (Lipinski definition) is 1. The lowest BCUT2D eigenvalue weighted by molar-refractivity contribution is -0.134. The molecule has 1 aliphatic heterocycles. The van der Waals surface area contributed by atoms with Gasteiger partial charge in [0.25, 0.3) is 5.91 Å². The van der Waals surface area contributed by atoms with Crippen LogP contribution in [0.5, 0.6) is 0 Å². The second-order valence-electron chi connectivity index (χ2n) is 8.99. The molecule has 0 bridgehead atoms. The van der Waals surface area contributed by atoms with Gasteiger partial charge in [0.1, 0.15) is 6.04 Å². The van der Waals surface area contributed by atoms with E-state index in [1.54, 1.807) is 13.1 Å². The van der Waals surface area contributed by atoms with Gasteiger partial charge in [0.05, 0.1) is 0 Å². The van der Waals surface area contributed by atoms with Crippen molar-refractivity contribution in [2.75, 3.05) is 26.2 Å². The van der Waals surface area contributed by atoms with Gasteiger partial charge in [-0.1, -0.05) is 39.0 Å². The number of benzene rings is 1. The summed E-state index contributed by atoms with van der Waals surface area (Å²) in [7, 11) is 0. The Morgan fingerprint density at radius 1 is 1.07 bits per heavy atom. The van der Waals surface area contributed by atoms with Crippen molar-refractivity contribution in [2.24, 2.45) is 0 Å². The highest BCUT2D eigenvalue weighted by Crippen LogP contribution is 2.22. The maximum Gasteiger partial charge on any atom is 0.251 e. The zero-order valence-electron chi connectivity index (χ0n) is 18.4. The van der Waals surface area contributed by atoms with Crippen LogP contribution in [0.2, 0.25) is 0 Å². The number of piperazine rings is 1. The molecule has 1 saturated heterocycles. The predicted octanol–water partition coefficient (Wildman–Crippen LogP) is 2.84. The number of carbonyl (C=O) groups is 2. The van der Waals surface area contributed by atoms with E-state index in [2.05, 4.69) is 42.0 Å². The van der Waals surface area contributed by atoms with Crippen LogP contribution in [0.3, 0.4) is 0 Å². The second-order valence-corrected chi connectivity index (χ2v) is 8.99. The minimum atomic E-state index is -0.551. The van der Waals surface area contributed by atoms with Crippen molar-refractivity contribution in [2.45, 2.75) is 45.7 Å². The maximum absolute atomic E-state index is 12.8. The first-order chi connectivity index (χ1) is 14.2. The van der Waals surface area contributed by atoms with Gasteiger partial charge in [-0.05, 0) is 41.7 Å². The molecule has 0 aliphatic carbocycles. The molecule has 2 heterocycles. The maximum atomic E-state index is 12.8. The van der Waals surface area contributed by atoms with E-state index in [0.29, 0.717) is 18.7 Å². The number of nitrogens with one attached hydrogen (secondary N) is 1. The monoisotopic (exact) mass is 408 g/mol. The van der Waals surface area contributed by atoms with Crippen molar-refractivity contribution in [3.63, 3.8) is 0 Å². The fourth-order valence-electron chi connectivity index (χ4n) is 3.61. The van der Waals surface area contributed by atoms with Crippen molar-refractivity contribution in [3.8, 4) is 0 Å². The molecule has 6 nitrogen and oxygen atoms in total. The average Bonchev–Trinajstić information content (AvgIpc) is 2.74. The number of aromatic nitrogens is 1. The zero-order chi connectivity index (χ0) is 21.7. The van der Waals surface area contributed by atoms with E-state index in [1.807, 2.05) is 41.4 Å². The van der Waals surface area contributed by atoms with Crippen LogP contribution in [0.25, 0.3) is 0 Å². The second kappa shape index (κ2) is 9.39. The van der Waals surface area contributed by atoms with E-state index >= 15 is 0 Å². The van der Waals surface area contributed by atoms with Gasteiger partial charge in [0.2, 0.25) is 5.91 Å². The molecule has 1 N–H and O–H groups in total. The van der Waals surface area contributed by atoms with Crippen molar-refractivity contribution in [1.29, 1.82) is 0 Å². The summed E-state index contributed by atoms with van der Waals surface area (Å²) in [6.07, 6.45) is 3.65. The third-order valence-electron chi connectivity index (χ3n) is 5.54. The average molecular weight is 409 g/mol. The molecule has 1 atom stereocenters. The van der Waals surface area contributed by atoms with Crippen molar-refractivity contribution in [3.05, 3.63) is 65.5 Å². The number of hydrogen-bond acceptors (Lipinski definition) is 4. The summed E-state index contributed by atoms with van der Waals surface area (Å²) in [5.41, 5.74) is 2.96. The first-order valence-electron chi connectivity index (χ1n) is 10.6. The molecule has 1 aliphatic rings. The third-order valence-corrected chi connectivity index (χ3v) is 5.54. The summed E-state index contributed by atoms with van der Waals surface area (Å²) in [6, 6.07) is 11.1. The van der Waals surface area contributed by atoms with Gasteiger partial charge in [0.15, 0.2) is 0 Å².